The van der Waals surface area contributed by atoms with Crippen molar-refractivity contribution < 1.29 is 42.6 Å². The largest absolute Gasteiger partial charge is 0.481 e. The van der Waals surface area contributed by atoms with Gasteiger partial charge in [0.2, 0.25) is 0 Å². The summed E-state index contributed by atoms with van der Waals surface area (Å²) in [5.41, 5.74) is 0. The average molecular weight is 234 g/mol. The van der Waals surface area contributed by atoms with Crippen LogP contribution in [0.5, 0.6) is 0 Å². The second kappa shape index (κ2) is 13.2. The van der Waals surface area contributed by atoms with Gasteiger partial charge >= 0.3 is 5.97 Å². The Kier molecular flexibility index (Phi) is 21.1. The molecule has 1 atom stereocenters. The first-order valence-corrected chi connectivity index (χ1v) is 3.59. The van der Waals surface area contributed by atoms with E-state index in [2.05, 4.69) is 6.92 Å². The standard InChI is InChI=1S/C6H12O2.C2H5.Y/c1-3-5(2)4-6(7)8;1-2;/h5H,3-4H2,1-2H3,(H,7,8);1H2,2H3;/q;-1;. The van der Waals surface area contributed by atoms with Crippen LogP contribution in [-0.2, 0) is 37.5 Å². The third kappa shape index (κ3) is 18.0. The van der Waals surface area contributed by atoms with Crippen molar-refractivity contribution >= 4 is 5.97 Å². The molecule has 0 bridgehead atoms. The van der Waals surface area contributed by atoms with Gasteiger partial charge < -0.3 is 12.0 Å². The minimum absolute atomic E-state index is 0. The zero-order valence-corrected chi connectivity index (χ0v) is 10.5. The maximum absolute atomic E-state index is 9.97. The van der Waals surface area contributed by atoms with E-state index in [1.807, 2.05) is 13.8 Å². The van der Waals surface area contributed by atoms with Gasteiger partial charge in [0.1, 0.15) is 0 Å². The Hall–Kier alpha value is 0.574. The van der Waals surface area contributed by atoms with Gasteiger partial charge in [0.25, 0.3) is 0 Å². The fourth-order valence-corrected chi connectivity index (χ4v) is 0.442. The Morgan fingerprint density at radius 1 is 1.55 bits per heavy atom. The molecule has 0 aromatic rings. The van der Waals surface area contributed by atoms with Crippen molar-refractivity contribution in [1.29, 1.82) is 0 Å². The van der Waals surface area contributed by atoms with E-state index >= 15 is 0 Å². The number of hydrogen-bond acceptors (Lipinski definition) is 1. The van der Waals surface area contributed by atoms with Gasteiger partial charge in [-0.25, -0.2) is 0 Å². The van der Waals surface area contributed by atoms with Crippen LogP contribution in [-0.4, -0.2) is 11.1 Å². The molecule has 0 aliphatic rings. The van der Waals surface area contributed by atoms with Crippen molar-refractivity contribution in [2.24, 2.45) is 5.92 Å². The van der Waals surface area contributed by atoms with Gasteiger partial charge in [-0.2, -0.15) is 6.92 Å². The summed E-state index contributed by atoms with van der Waals surface area (Å²) in [7, 11) is 0. The molecule has 0 fully saturated rings. The Balaban J connectivity index is -0.000000196. The van der Waals surface area contributed by atoms with Crippen molar-refractivity contribution in [3.8, 4) is 0 Å². The van der Waals surface area contributed by atoms with E-state index < -0.39 is 5.97 Å². The number of aliphatic carboxylic acids is 1. The minimum Gasteiger partial charge on any atom is -0.481 e. The van der Waals surface area contributed by atoms with Crippen LogP contribution in [0.1, 0.15) is 33.6 Å². The number of carboxylic acids is 1. The summed E-state index contributed by atoms with van der Waals surface area (Å²) in [6.07, 6.45) is 1.25. The van der Waals surface area contributed by atoms with E-state index in [0.717, 1.165) is 6.42 Å². The molecule has 65 valence electrons. The van der Waals surface area contributed by atoms with Crippen molar-refractivity contribution in [3.05, 3.63) is 6.92 Å². The second-order valence-corrected chi connectivity index (χ2v) is 2.11. The first kappa shape index (κ1) is 17.6. The third-order valence-electron chi connectivity index (χ3n) is 1.22. The van der Waals surface area contributed by atoms with Crippen LogP contribution in [0.2, 0.25) is 0 Å². The van der Waals surface area contributed by atoms with Gasteiger partial charge in [-0.3, -0.25) is 4.79 Å². The molecule has 0 aliphatic carbocycles. The molecule has 0 saturated carbocycles. The van der Waals surface area contributed by atoms with Crippen molar-refractivity contribution in [2.45, 2.75) is 33.6 Å². The molecule has 0 heterocycles. The molecule has 0 aromatic heterocycles. The first-order valence-electron chi connectivity index (χ1n) is 3.59. The monoisotopic (exact) mass is 234 g/mol. The quantitative estimate of drug-likeness (QED) is 0.761. The predicted molar refractivity (Wildman–Crippen MR) is 42.7 cm³/mol. The molecule has 1 N–H and O–H groups in total. The van der Waals surface area contributed by atoms with Crippen molar-refractivity contribution in [2.75, 3.05) is 0 Å². The molecule has 11 heavy (non-hydrogen) atoms. The van der Waals surface area contributed by atoms with E-state index in [4.69, 9.17) is 5.11 Å². The molecule has 2 nitrogen and oxygen atoms in total. The molecule has 3 heteroatoms. The minimum atomic E-state index is -0.695. The SMILES string of the molecule is CCC(C)CC(=O)O.[CH2-]C.[Y]. The molecule has 0 spiro atoms. The van der Waals surface area contributed by atoms with Gasteiger partial charge in [-0.1, -0.05) is 20.3 Å². The molecule has 0 aromatic carbocycles. The fourth-order valence-electron chi connectivity index (χ4n) is 0.442. The van der Waals surface area contributed by atoms with Crippen LogP contribution < -0.4 is 0 Å². The summed E-state index contributed by atoms with van der Waals surface area (Å²) in [4.78, 5) is 9.97. The van der Waals surface area contributed by atoms with Crippen molar-refractivity contribution in [1.82, 2.24) is 0 Å². The van der Waals surface area contributed by atoms with E-state index in [9.17, 15) is 4.79 Å². The van der Waals surface area contributed by atoms with Gasteiger partial charge in [0.15, 0.2) is 0 Å². The molecule has 0 aliphatic heterocycles. The third-order valence-corrected chi connectivity index (χ3v) is 1.22. The van der Waals surface area contributed by atoms with Crippen molar-refractivity contribution in [3.63, 3.8) is 0 Å². The Morgan fingerprint density at radius 2 is 1.91 bits per heavy atom. The molecular weight excluding hydrogens is 217 g/mol. The maximum Gasteiger partial charge on any atom is 0.303 e. The van der Waals surface area contributed by atoms with E-state index in [-0.39, 0.29) is 32.7 Å². The summed E-state index contributed by atoms with van der Waals surface area (Å²) in [5.74, 6) is -0.369. The smallest absolute Gasteiger partial charge is 0.303 e. The van der Waals surface area contributed by atoms with E-state index in [1.165, 1.54) is 0 Å². The Morgan fingerprint density at radius 3 is 2.00 bits per heavy atom. The zero-order valence-electron chi connectivity index (χ0n) is 7.63. The Bertz CT molecular complexity index is 84.2. The average Bonchev–Trinajstić information content (AvgIpc) is 1.91. The number of rotatable bonds is 3. The van der Waals surface area contributed by atoms with Crippen LogP contribution in [0.25, 0.3) is 0 Å². The first-order chi connectivity index (χ1) is 4.66. The molecular formula is C8H17O2Y-. The van der Waals surface area contributed by atoms with Crippen LogP contribution in [0.3, 0.4) is 0 Å². The van der Waals surface area contributed by atoms with Crippen LogP contribution in [0.15, 0.2) is 0 Å². The summed E-state index contributed by atoms with van der Waals surface area (Å²) >= 11 is 0. The van der Waals surface area contributed by atoms with Crippen LogP contribution >= 0.6 is 0 Å². The summed E-state index contributed by atoms with van der Waals surface area (Å²) in [6.45, 7) is 8.93. The van der Waals surface area contributed by atoms with E-state index in [0.29, 0.717) is 12.3 Å². The van der Waals surface area contributed by atoms with Gasteiger partial charge in [0.05, 0.1) is 0 Å². The number of carbonyl (C=O) groups is 1. The van der Waals surface area contributed by atoms with Gasteiger partial charge in [-0.15, -0.1) is 0 Å². The molecule has 0 rings (SSSR count). The topological polar surface area (TPSA) is 37.3 Å². The predicted octanol–water partition coefficient (Wildman–Crippen LogP) is 2.35. The summed E-state index contributed by atoms with van der Waals surface area (Å²) in [6, 6.07) is 0. The molecule has 0 saturated heterocycles. The molecule has 0 amide bonds. The number of hydrogen-bond donors (Lipinski definition) is 1. The second-order valence-electron chi connectivity index (χ2n) is 2.11. The fraction of sp³-hybridized carbons (Fsp3) is 0.750. The van der Waals surface area contributed by atoms with Gasteiger partial charge in [-0.05, 0) is 5.92 Å². The van der Waals surface area contributed by atoms with Crippen LogP contribution in [0.4, 0.5) is 0 Å². The Labute approximate surface area is 94.6 Å². The zero-order chi connectivity index (χ0) is 8.57. The summed E-state index contributed by atoms with van der Waals surface area (Å²) < 4.78 is 0. The summed E-state index contributed by atoms with van der Waals surface area (Å²) in [5, 5.41) is 8.22. The van der Waals surface area contributed by atoms with Gasteiger partial charge in [0, 0.05) is 39.1 Å². The molecule has 1 unspecified atom stereocenters. The number of carboxylic acid groups (broad SMARTS) is 1. The van der Waals surface area contributed by atoms with E-state index in [1.54, 1.807) is 6.92 Å². The maximum atomic E-state index is 9.97. The normalized spacial score (nSPS) is 10.2. The van der Waals surface area contributed by atoms with Crippen LogP contribution in [0, 0.1) is 12.8 Å². The molecule has 1 radical (unpaired) electrons.